The smallest absolute Gasteiger partial charge is 0.182 e. The van der Waals surface area contributed by atoms with Crippen LogP contribution >= 0.6 is 11.3 Å². The first-order valence-corrected chi connectivity index (χ1v) is 6.44. The fourth-order valence-corrected chi connectivity index (χ4v) is 2.77. The normalized spacial score (nSPS) is 10.7. The van der Waals surface area contributed by atoms with Gasteiger partial charge in [0.25, 0.3) is 0 Å². The van der Waals surface area contributed by atoms with Crippen LogP contribution in [0.15, 0.2) is 6.07 Å². The summed E-state index contributed by atoms with van der Waals surface area (Å²) < 4.78 is 5.41. The number of thiazole rings is 1. The van der Waals surface area contributed by atoms with Crippen LogP contribution in [0.3, 0.4) is 0 Å². The molecule has 0 unspecified atom stereocenters. The third kappa shape index (κ3) is 1.90. The van der Waals surface area contributed by atoms with Crippen LogP contribution in [0.5, 0.6) is 5.75 Å². The Kier molecular flexibility index (Phi) is 3.17. The van der Waals surface area contributed by atoms with Crippen LogP contribution in [0.25, 0.3) is 11.3 Å². The Morgan fingerprint density at radius 1 is 1.17 bits per heavy atom. The minimum Gasteiger partial charge on any atom is -0.496 e. The van der Waals surface area contributed by atoms with Crippen molar-refractivity contribution < 1.29 is 4.74 Å². The van der Waals surface area contributed by atoms with Gasteiger partial charge in [0.1, 0.15) is 16.4 Å². The van der Waals surface area contributed by atoms with E-state index >= 15 is 0 Å². The highest BCUT2D eigenvalue weighted by atomic mass is 32.1. The van der Waals surface area contributed by atoms with Crippen LogP contribution < -0.4 is 16.2 Å². The molecule has 1 heterocycles. The number of hydrogen-bond acceptors (Lipinski definition) is 5. The molecule has 18 heavy (non-hydrogen) atoms. The lowest BCUT2D eigenvalue weighted by Gasteiger charge is -2.14. The third-order valence-corrected chi connectivity index (χ3v) is 3.87. The molecule has 0 spiro atoms. The summed E-state index contributed by atoms with van der Waals surface area (Å²) in [7, 11) is 1.68. The van der Waals surface area contributed by atoms with Crippen molar-refractivity contribution in [1.82, 2.24) is 4.98 Å². The molecule has 0 fully saturated rings. The Morgan fingerprint density at radius 3 is 2.33 bits per heavy atom. The van der Waals surface area contributed by atoms with Crippen LogP contribution in [-0.2, 0) is 0 Å². The molecule has 0 radical (unpaired) electrons. The van der Waals surface area contributed by atoms with Gasteiger partial charge in [-0.1, -0.05) is 11.3 Å². The van der Waals surface area contributed by atoms with Crippen molar-refractivity contribution in [2.24, 2.45) is 0 Å². The number of benzene rings is 1. The Morgan fingerprint density at radius 2 is 1.83 bits per heavy atom. The molecular weight excluding hydrogens is 246 g/mol. The second kappa shape index (κ2) is 4.49. The molecule has 0 aliphatic heterocycles. The van der Waals surface area contributed by atoms with Crippen molar-refractivity contribution >= 4 is 21.5 Å². The van der Waals surface area contributed by atoms with Crippen LogP contribution in [-0.4, -0.2) is 12.1 Å². The molecule has 0 aliphatic rings. The Hall–Kier alpha value is -1.75. The van der Waals surface area contributed by atoms with Crippen LogP contribution in [0.1, 0.15) is 16.7 Å². The van der Waals surface area contributed by atoms with Gasteiger partial charge < -0.3 is 16.2 Å². The SMILES string of the molecule is COc1c(C)cc(-c2nc(N)sc2N)c(C)c1C. The van der Waals surface area contributed by atoms with Crippen molar-refractivity contribution in [3.05, 3.63) is 22.8 Å². The van der Waals surface area contributed by atoms with Gasteiger partial charge in [-0.05, 0) is 43.5 Å². The lowest BCUT2D eigenvalue weighted by atomic mass is 9.97. The summed E-state index contributed by atoms with van der Waals surface area (Å²) in [5, 5.41) is 1.15. The molecule has 4 N–H and O–H groups in total. The maximum absolute atomic E-state index is 5.96. The molecule has 0 aliphatic carbocycles. The third-order valence-electron chi connectivity index (χ3n) is 3.16. The van der Waals surface area contributed by atoms with E-state index in [0.717, 1.165) is 33.7 Å². The van der Waals surface area contributed by atoms with E-state index in [1.54, 1.807) is 7.11 Å². The molecular formula is C13H17N3OS. The first-order chi connectivity index (χ1) is 8.45. The van der Waals surface area contributed by atoms with E-state index in [-0.39, 0.29) is 0 Å². The largest absolute Gasteiger partial charge is 0.496 e. The van der Waals surface area contributed by atoms with Gasteiger partial charge in [-0.25, -0.2) is 4.98 Å². The minimum absolute atomic E-state index is 0.494. The predicted octanol–water partition coefficient (Wildman–Crippen LogP) is 2.91. The first kappa shape index (κ1) is 12.7. The molecule has 1 aromatic heterocycles. The molecule has 4 nitrogen and oxygen atoms in total. The van der Waals surface area contributed by atoms with Crippen molar-refractivity contribution in [1.29, 1.82) is 0 Å². The number of nitrogens with two attached hydrogens (primary N) is 2. The fraction of sp³-hybridized carbons (Fsp3) is 0.308. The Balaban J connectivity index is 2.70. The average molecular weight is 263 g/mol. The van der Waals surface area contributed by atoms with Gasteiger partial charge in [-0.15, -0.1) is 0 Å². The number of anilines is 2. The van der Waals surface area contributed by atoms with E-state index in [1.807, 2.05) is 26.8 Å². The first-order valence-electron chi connectivity index (χ1n) is 5.62. The number of ether oxygens (including phenoxy) is 1. The Labute approximate surface area is 111 Å². The van der Waals surface area contributed by atoms with Gasteiger partial charge in [0.15, 0.2) is 5.13 Å². The van der Waals surface area contributed by atoms with E-state index in [2.05, 4.69) is 4.98 Å². The van der Waals surface area contributed by atoms with E-state index in [1.165, 1.54) is 11.3 Å². The fourth-order valence-electron chi connectivity index (χ4n) is 2.16. The maximum Gasteiger partial charge on any atom is 0.182 e. The summed E-state index contributed by atoms with van der Waals surface area (Å²) in [6.45, 7) is 6.10. The van der Waals surface area contributed by atoms with Crippen LogP contribution in [0.4, 0.5) is 10.1 Å². The maximum atomic E-state index is 5.96. The number of methoxy groups -OCH3 is 1. The summed E-state index contributed by atoms with van der Waals surface area (Å²) in [6.07, 6.45) is 0. The van der Waals surface area contributed by atoms with Crippen molar-refractivity contribution in [3.8, 4) is 17.0 Å². The molecule has 2 aromatic rings. The molecule has 0 bridgehead atoms. The minimum atomic E-state index is 0.494. The molecule has 0 saturated heterocycles. The van der Waals surface area contributed by atoms with Gasteiger partial charge in [-0.3, -0.25) is 0 Å². The zero-order valence-electron chi connectivity index (χ0n) is 11.0. The van der Waals surface area contributed by atoms with E-state index in [4.69, 9.17) is 16.2 Å². The predicted molar refractivity (Wildman–Crippen MR) is 77.1 cm³/mol. The number of hydrogen-bond donors (Lipinski definition) is 2. The monoisotopic (exact) mass is 263 g/mol. The van der Waals surface area contributed by atoms with Crippen molar-refractivity contribution in [3.63, 3.8) is 0 Å². The highest BCUT2D eigenvalue weighted by molar-refractivity contribution is 7.19. The number of rotatable bonds is 2. The van der Waals surface area contributed by atoms with Gasteiger partial charge in [0.05, 0.1) is 7.11 Å². The van der Waals surface area contributed by atoms with Crippen molar-refractivity contribution in [2.75, 3.05) is 18.6 Å². The summed E-state index contributed by atoms with van der Waals surface area (Å²) >= 11 is 1.31. The number of aromatic nitrogens is 1. The summed E-state index contributed by atoms with van der Waals surface area (Å²) in [5.74, 6) is 0.915. The quantitative estimate of drug-likeness (QED) is 0.873. The molecule has 96 valence electrons. The van der Waals surface area contributed by atoms with Gasteiger partial charge in [-0.2, -0.15) is 0 Å². The topological polar surface area (TPSA) is 74.2 Å². The van der Waals surface area contributed by atoms with E-state index in [9.17, 15) is 0 Å². The molecule has 2 rings (SSSR count). The summed E-state index contributed by atoms with van der Waals surface area (Å²) in [4.78, 5) is 4.31. The van der Waals surface area contributed by atoms with Gasteiger partial charge in [0, 0.05) is 5.56 Å². The number of nitrogen functional groups attached to an aromatic ring is 2. The molecule has 1 aromatic carbocycles. The van der Waals surface area contributed by atoms with E-state index < -0.39 is 0 Å². The molecule has 0 amide bonds. The number of aryl methyl sites for hydroxylation is 1. The second-order valence-corrected chi connectivity index (χ2v) is 5.35. The molecule has 5 heteroatoms. The van der Waals surface area contributed by atoms with Crippen LogP contribution in [0, 0.1) is 20.8 Å². The zero-order valence-corrected chi connectivity index (χ0v) is 11.8. The molecule has 0 atom stereocenters. The number of nitrogens with zero attached hydrogens (tertiary/aromatic N) is 1. The van der Waals surface area contributed by atoms with Crippen molar-refractivity contribution in [2.45, 2.75) is 20.8 Å². The van der Waals surface area contributed by atoms with Gasteiger partial charge >= 0.3 is 0 Å². The molecule has 0 saturated carbocycles. The average Bonchev–Trinajstić information content (AvgIpc) is 2.64. The Bertz CT molecular complexity index is 605. The second-order valence-electron chi connectivity index (χ2n) is 4.29. The lowest BCUT2D eigenvalue weighted by Crippen LogP contribution is -1.98. The summed E-state index contributed by atoms with van der Waals surface area (Å²) in [6, 6.07) is 2.05. The summed E-state index contributed by atoms with van der Waals surface area (Å²) in [5.41, 5.74) is 16.8. The lowest BCUT2D eigenvalue weighted by molar-refractivity contribution is 0.408. The van der Waals surface area contributed by atoms with E-state index in [0.29, 0.717) is 10.1 Å². The van der Waals surface area contributed by atoms with Gasteiger partial charge in [0.2, 0.25) is 0 Å². The standard InChI is InChI=1S/C13H17N3OS/c1-6-5-9(7(2)8(3)11(6)17-4)10-12(14)18-13(15)16-10/h5H,14H2,1-4H3,(H2,15,16). The van der Waals surface area contributed by atoms with Crippen LogP contribution in [0.2, 0.25) is 0 Å². The highest BCUT2D eigenvalue weighted by Crippen LogP contribution is 2.38. The zero-order chi connectivity index (χ0) is 13.4. The highest BCUT2D eigenvalue weighted by Gasteiger charge is 2.16.